The van der Waals surface area contributed by atoms with Crippen molar-refractivity contribution >= 4 is 17.8 Å². The van der Waals surface area contributed by atoms with Crippen molar-refractivity contribution in [1.82, 2.24) is 5.32 Å². The maximum atomic E-state index is 11.7. The van der Waals surface area contributed by atoms with Gasteiger partial charge in [0.15, 0.2) is 0 Å². The Morgan fingerprint density at radius 2 is 2.04 bits per heavy atom. The van der Waals surface area contributed by atoms with E-state index >= 15 is 0 Å². The molecule has 0 aromatic heterocycles. The van der Waals surface area contributed by atoms with Crippen LogP contribution in [0.2, 0.25) is 0 Å². The monoisotopic (exact) mass is 338 g/mol. The van der Waals surface area contributed by atoms with Crippen LogP contribution < -0.4 is 10.1 Å². The molecule has 1 aromatic carbocycles. The molecule has 1 aliphatic heterocycles. The van der Waals surface area contributed by atoms with Crippen LogP contribution in [0, 0.1) is 16.0 Å². The van der Waals surface area contributed by atoms with Gasteiger partial charge in [0, 0.05) is 12.1 Å². The number of nitro groups is 1. The summed E-state index contributed by atoms with van der Waals surface area (Å²) in [6.07, 6.45) is 0.550. The van der Waals surface area contributed by atoms with Crippen molar-refractivity contribution in [3.05, 3.63) is 34.4 Å². The second kappa shape index (κ2) is 8.25. The van der Waals surface area contributed by atoms with Gasteiger partial charge in [-0.25, -0.2) is 4.79 Å². The molecule has 2 rings (SSSR count). The summed E-state index contributed by atoms with van der Waals surface area (Å²) >= 11 is 0. The van der Waals surface area contributed by atoms with Gasteiger partial charge >= 0.3 is 12.1 Å². The molecule has 0 aliphatic carbocycles. The second-order valence-electron chi connectivity index (χ2n) is 5.25. The first-order valence-electron chi connectivity index (χ1n) is 7.41. The highest BCUT2D eigenvalue weighted by atomic mass is 16.7. The zero-order valence-electron chi connectivity index (χ0n) is 13.1. The quantitative estimate of drug-likeness (QED) is 0.373. The van der Waals surface area contributed by atoms with E-state index in [4.69, 9.17) is 14.2 Å². The molecule has 130 valence electrons. The van der Waals surface area contributed by atoms with Crippen molar-refractivity contribution in [1.29, 1.82) is 0 Å². The lowest BCUT2D eigenvalue weighted by atomic mass is 9.91. The van der Waals surface area contributed by atoms with Crippen LogP contribution in [0.3, 0.4) is 0 Å². The summed E-state index contributed by atoms with van der Waals surface area (Å²) in [7, 11) is 1.32. The molecule has 0 spiro atoms. The maximum Gasteiger partial charge on any atom is 0.513 e. The molecule has 0 unspecified atom stereocenters. The van der Waals surface area contributed by atoms with Crippen molar-refractivity contribution in [3.63, 3.8) is 0 Å². The zero-order valence-corrected chi connectivity index (χ0v) is 13.1. The highest BCUT2D eigenvalue weighted by Crippen LogP contribution is 2.20. The minimum Gasteiger partial charge on any atom is -0.469 e. The third kappa shape index (κ3) is 4.66. The van der Waals surface area contributed by atoms with Gasteiger partial charge in [-0.3, -0.25) is 14.9 Å². The Balaban J connectivity index is 1.85. The number of nitrogens with zero attached hydrogens (tertiary/aromatic N) is 1. The van der Waals surface area contributed by atoms with E-state index < -0.39 is 11.1 Å². The summed E-state index contributed by atoms with van der Waals surface area (Å²) in [6.45, 7) is 0.685. The molecule has 0 radical (unpaired) electrons. The van der Waals surface area contributed by atoms with Crippen molar-refractivity contribution in [3.8, 4) is 5.75 Å². The molecule has 9 nitrogen and oxygen atoms in total. The molecular weight excluding hydrogens is 320 g/mol. The molecule has 1 aromatic rings. The predicted octanol–water partition coefficient (Wildman–Crippen LogP) is 1.65. The third-order valence-corrected chi connectivity index (χ3v) is 3.72. The predicted molar refractivity (Wildman–Crippen MR) is 81.6 cm³/mol. The van der Waals surface area contributed by atoms with E-state index in [-0.39, 0.29) is 36.0 Å². The largest absolute Gasteiger partial charge is 0.513 e. The lowest BCUT2D eigenvalue weighted by Crippen LogP contribution is -2.48. The van der Waals surface area contributed by atoms with Gasteiger partial charge in [0.05, 0.1) is 24.0 Å². The summed E-state index contributed by atoms with van der Waals surface area (Å²) in [5.41, 5.74) is -0.108. The number of nitrogens with one attached hydrogen (secondary N) is 1. The Bertz CT molecular complexity index is 602. The maximum absolute atomic E-state index is 11.7. The fraction of sp³-hybridized carbons (Fsp3) is 0.467. The second-order valence-corrected chi connectivity index (χ2v) is 5.25. The number of hydrogen-bond donors (Lipinski definition) is 1. The van der Waals surface area contributed by atoms with Crippen LogP contribution in [0.5, 0.6) is 5.75 Å². The van der Waals surface area contributed by atoms with Crippen LogP contribution in [0.15, 0.2) is 24.3 Å². The van der Waals surface area contributed by atoms with Crippen LogP contribution in [0.4, 0.5) is 10.5 Å². The number of piperidine rings is 1. The van der Waals surface area contributed by atoms with E-state index in [0.717, 1.165) is 13.0 Å². The molecule has 1 aliphatic rings. The van der Waals surface area contributed by atoms with E-state index in [1.165, 1.54) is 31.4 Å². The Morgan fingerprint density at radius 1 is 1.33 bits per heavy atom. The lowest BCUT2D eigenvalue weighted by Gasteiger charge is -2.30. The van der Waals surface area contributed by atoms with Gasteiger partial charge in [0.2, 0.25) is 0 Å². The van der Waals surface area contributed by atoms with Gasteiger partial charge < -0.3 is 19.5 Å². The summed E-state index contributed by atoms with van der Waals surface area (Å²) in [6, 6.07) is 4.71. The van der Waals surface area contributed by atoms with Crippen LogP contribution in [0.1, 0.15) is 12.8 Å². The topological polar surface area (TPSA) is 117 Å². The van der Waals surface area contributed by atoms with E-state index in [1.54, 1.807) is 0 Å². The first kappa shape index (κ1) is 17.7. The Labute approximate surface area is 138 Å². The summed E-state index contributed by atoms with van der Waals surface area (Å²) < 4.78 is 14.7. The number of esters is 1. The van der Waals surface area contributed by atoms with Gasteiger partial charge in [0.1, 0.15) is 12.4 Å². The first-order chi connectivity index (χ1) is 11.5. The van der Waals surface area contributed by atoms with Crippen molar-refractivity contribution in [2.24, 2.45) is 5.92 Å². The number of ether oxygens (including phenoxy) is 3. The third-order valence-electron chi connectivity index (χ3n) is 3.72. The molecule has 0 amide bonds. The van der Waals surface area contributed by atoms with Crippen LogP contribution >= 0.6 is 0 Å². The molecule has 1 N–H and O–H groups in total. The van der Waals surface area contributed by atoms with Crippen LogP contribution in [0.25, 0.3) is 0 Å². The molecule has 0 saturated carbocycles. The minimum atomic E-state index is -0.945. The van der Waals surface area contributed by atoms with Gasteiger partial charge in [-0.2, -0.15) is 0 Å². The normalized spacial score (nSPS) is 20.0. The van der Waals surface area contributed by atoms with Crippen LogP contribution in [-0.4, -0.2) is 43.4 Å². The Kier molecular flexibility index (Phi) is 6.07. The van der Waals surface area contributed by atoms with E-state index in [9.17, 15) is 19.7 Å². The fourth-order valence-corrected chi connectivity index (χ4v) is 2.48. The van der Waals surface area contributed by atoms with Crippen LogP contribution in [-0.2, 0) is 14.3 Å². The summed E-state index contributed by atoms with van der Waals surface area (Å²) in [5, 5.41) is 13.7. The average Bonchev–Trinajstić information content (AvgIpc) is 2.60. The molecule has 2 atom stereocenters. The number of methoxy groups -OCH3 is 1. The molecule has 1 heterocycles. The molecule has 24 heavy (non-hydrogen) atoms. The number of non-ortho nitro benzene ring substituents is 1. The van der Waals surface area contributed by atoms with Gasteiger partial charge in [-0.15, -0.1) is 0 Å². The van der Waals surface area contributed by atoms with Crippen molar-refractivity contribution in [2.75, 3.05) is 20.3 Å². The van der Waals surface area contributed by atoms with Crippen molar-refractivity contribution < 1.29 is 28.7 Å². The van der Waals surface area contributed by atoms with Gasteiger partial charge in [-0.05, 0) is 31.5 Å². The lowest BCUT2D eigenvalue weighted by molar-refractivity contribution is -0.384. The van der Waals surface area contributed by atoms with Gasteiger partial charge in [0.25, 0.3) is 5.69 Å². The van der Waals surface area contributed by atoms with Crippen molar-refractivity contribution in [2.45, 2.75) is 18.9 Å². The Morgan fingerprint density at radius 3 is 2.67 bits per heavy atom. The van der Waals surface area contributed by atoms with E-state index in [1.807, 2.05) is 0 Å². The zero-order chi connectivity index (χ0) is 17.5. The molecule has 1 saturated heterocycles. The SMILES string of the molecule is COC(=O)[C@@H]1CCCN[C@H]1COC(=O)Oc1ccc([N+](=O)[O-])cc1. The number of carbonyl (C=O) groups is 2. The molecule has 9 heteroatoms. The molecule has 0 bridgehead atoms. The molecule has 1 fully saturated rings. The smallest absolute Gasteiger partial charge is 0.469 e. The first-order valence-corrected chi connectivity index (χ1v) is 7.41. The summed E-state index contributed by atoms with van der Waals surface area (Å²) in [5.74, 6) is -0.595. The highest BCUT2D eigenvalue weighted by molar-refractivity contribution is 5.73. The van der Waals surface area contributed by atoms with Gasteiger partial charge in [-0.1, -0.05) is 0 Å². The number of benzene rings is 1. The fourth-order valence-electron chi connectivity index (χ4n) is 2.48. The number of rotatable bonds is 5. The average molecular weight is 338 g/mol. The van der Waals surface area contributed by atoms with E-state index in [0.29, 0.717) is 6.42 Å². The highest BCUT2D eigenvalue weighted by Gasteiger charge is 2.32. The standard InChI is InChI=1S/C15H18N2O7/c1-22-14(18)12-3-2-8-16-13(12)9-23-15(19)24-11-6-4-10(5-7-11)17(20)21/h4-7,12-13,16H,2-3,8-9H2,1H3/t12-,13+/m1/s1. The Hall–Kier alpha value is -2.68. The summed E-state index contributed by atoms with van der Waals surface area (Å²) in [4.78, 5) is 33.4. The molecular formula is C15H18N2O7. The number of carbonyl (C=O) groups excluding carboxylic acids is 2. The van der Waals surface area contributed by atoms with E-state index in [2.05, 4.69) is 5.32 Å². The minimum absolute atomic E-state index is 0.0361. The number of nitro benzene ring substituents is 1. The number of hydrogen-bond acceptors (Lipinski definition) is 8.